The number of hydrogen-bond donors (Lipinski definition) is 1. The zero-order valence-corrected chi connectivity index (χ0v) is 14.4. The summed E-state index contributed by atoms with van der Waals surface area (Å²) < 4.78 is 16.0. The summed E-state index contributed by atoms with van der Waals surface area (Å²) in [7, 11) is 1.68. The van der Waals surface area contributed by atoms with Crippen LogP contribution in [0.5, 0.6) is 5.75 Å². The third-order valence-electron chi connectivity index (χ3n) is 5.08. The molecule has 1 amide bonds. The van der Waals surface area contributed by atoms with E-state index in [1.54, 1.807) is 7.11 Å². The number of nitrogens with one attached hydrogen (secondary N) is 1. The molecule has 6 heteroatoms. The first-order valence-electron chi connectivity index (χ1n) is 8.91. The maximum Gasteiger partial charge on any atom is 0.289 e. The summed E-state index contributed by atoms with van der Waals surface area (Å²) in [6, 6.07) is 8.99. The molecule has 134 valence electrons. The Balaban J connectivity index is 1.55. The van der Waals surface area contributed by atoms with Crippen LogP contribution in [0.2, 0.25) is 0 Å². The van der Waals surface area contributed by atoms with Gasteiger partial charge in [-0.05, 0) is 37.0 Å². The maximum absolute atomic E-state index is 12.5. The minimum absolute atomic E-state index is 0.0478. The molecule has 1 N–H and O–H groups in total. The van der Waals surface area contributed by atoms with Crippen molar-refractivity contribution in [1.29, 1.82) is 0 Å². The van der Waals surface area contributed by atoms with Crippen LogP contribution >= 0.6 is 0 Å². The standard InChI is InChI=1S/C19H24N2O4/c1-23-15-4-2-3-13(11-15)18-16(7-8-21(18)14-5-6-14)20-19(22)17-12-24-9-10-25-17/h2-4,11-12,14,16,18H,5-10H2,1H3,(H,20,22)/t16-,18-/m1/s1. The molecule has 4 rings (SSSR count). The third kappa shape index (κ3) is 3.44. The van der Waals surface area contributed by atoms with Gasteiger partial charge < -0.3 is 19.5 Å². The minimum Gasteiger partial charge on any atom is -0.497 e. The van der Waals surface area contributed by atoms with Crippen molar-refractivity contribution in [2.45, 2.75) is 37.4 Å². The molecule has 1 aromatic rings. The average Bonchev–Trinajstić information content (AvgIpc) is 3.43. The van der Waals surface area contributed by atoms with Crippen molar-refractivity contribution >= 4 is 5.91 Å². The van der Waals surface area contributed by atoms with Gasteiger partial charge in [-0.2, -0.15) is 0 Å². The first-order valence-corrected chi connectivity index (χ1v) is 8.91. The molecule has 6 nitrogen and oxygen atoms in total. The van der Waals surface area contributed by atoms with Crippen molar-refractivity contribution in [2.24, 2.45) is 0 Å². The molecule has 0 aromatic heterocycles. The minimum atomic E-state index is -0.199. The number of amides is 1. The fourth-order valence-electron chi connectivity index (χ4n) is 3.76. The molecule has 2 heterocycles. The molecule has 2 fully saturated rings. The van der Waals surface area contributed by atoms with E-state index in [-0.39, 0.29) is 23.8 Å². The lowest BCUT2D eigenvalue weighted by Gasteiger charge is -2.29. The number of carbonyl (C=O) groups is 1. The molecule has 25 heavy (non-hydrogen) atoms. The highest BCUT2D eigenvalue weighted by Crippen LogP contribution is 2.41. The highest BCUT2D eigenvalue weighted by Gasteiger charge is 2.43. The Labute approximate surface area is 147 Å². The summed E-state index contributed by atoms with van der Waals surface area (Å²) in [6.07, 6.45) is 4.82. The summed E-state index contributed by atoms with van der Waals surface area (Å²) in [6.45, 7) is 1.90. The number of ether oxygens (including phenoxy) is 3. The molecular formula is C19H24N2O4. The zero-order chi connectivity index (χ0) is 17.2. The third-order valence-corrected chi connectivity index (χ3v) is 5.08. The fraction of sp³-hybridized carbons (Fsp3) is 0.526. The highest BCUT2D eigenvalue weighted by atomic mass is 16.6. The van der Waals surface area contributed by atoms with Crippen LogP contribution in [0.4, 0.5) is 0 Å². The van der Waals surface area contributed by atoms with Gasteiger partial charge in [-0.15, -0.1) is 0 Å². The first kappa shape index (κ1) is 16.3. The van der Waals surface area contributed by atoms with Gasteiger partial charge in [-0.1, -0.05) is 12.1 Å². The number of nitrogens with zero attached hydrogens (tertiary/aromatic N) is 1. The van der Waals surface area contributed by atoms with E-state index in [4.69, 9.17) is 14.2 Å². The van der Waals surface area contributed by atoms with Crippen molar-refractivity contribution < 1.29 is 19.0 Å². The Bertz CT molecular complexity index is 671. The Morgan fingerprint density at radius 3 is 2.88 bits per heavy atom. The second-order valence-corrected chi connectivity index (χ2v) is 6.76. The van der Waals surface area contributed by atoms with Crippen molar-refractivity contribution in [1.82, 2.24) is 10.2 Å². The smallest absolute Gasteiger partial charge is 0.289 e. The molecule has 3 aliphatic rings. The van der Waals surface area contributed by atoms with Gasteiger partial charge in [0, 0.05) is 12.6 Å². The molecule has 0 bridgehead atoms. The molecule has 1 saturated carbocycles. The van der Waals surface area contributed by atoms with E-state index in [9.17, 15) is 4.79 Å². The summed E-state index contributed by atoms with van der Waals surface area (Å²) in [5.74, 6) is 0.910. The van der Waals surface area contributed by atoms with Crippen LogP contribution in [0.1, 0.15) is 30.9 Å². The van der Waals surface area contributed by atoms with Gasteiger partial charge in [-0.25, -0.2) is 0 Å². The summed E-state index contributed by atoms with van der Waals surface area (Å²) >= 11 is 0. The van der Waals surface area contributed by atoms with Gasteiger partial charge in [0.1, 0.15) is 25.2 Å². The number of benzene rings is 1. The molecule has 0 spiro atoms. The monoisotopic (exact) mass is 344 g/mol. The lowest BCUT2D eigenvalue weighted by molar-refractivity contribution is -0.123. The van der Waals surface area contributed by atoms with E-state index in [1.165, 1.54) is 24.7 Å². The lowest BCUT2D eigenvalue weighted by atomic mass is 9.99. The maximum atomic E-state index is 12.5. The molecule has 2 atom stereocenters. The summed E-state index contributed by atoms with van der Waals surface area (Å²) in [4.78, 5) is 15.0. The molecule has 0 unspecified atom stereocenters. The SMILES string of the molecule is COc1cccc([C@@H]2[C@H](NC(=O)C3=COCCO3)CCN2C2CC2)c1. The van der Waals surface area contributed by atoms with Crippen LogP contribution in [0, 0.1) is 0 Å². The van der Waals surface area contributed by atoms with E-state index in [1.807, 2.05) is 12.1 Å². The van der Waals surface area contributed by atoms with Crippen LogP contribution in [0.3, 0.4) is 0 Å². The largest absolute Gasteiger partial charge is 0.497 e. The zero-order valence-electron chi connectivity index (χ0n) is 14.4. The van der Waals surface area contributed by atoms with Crippen molar-refractivity contribution in [3.8, 4) is 5.75 Å². The summed E-state index contributed by atoms with van der Waals surface area (Å²) in [5.41, 5.74) is 1.18. The van der Waals surface area contributed by atoms with Crippen LogP contribution in [-0.2, 0) is 14.3 Å². The Hall–Kier alpha value is -2.21. The Morgan fingerprint density at radius 1 is 1.28 bits per heavy atom. The van der Waals surface area contributed by atoms with Crippen LogP contribution in [0.15, 0.2) is 36.3 Å². The molecule has 1 saturated heterocycles. The van der Waals surface area contributed by atoms with E-state index in [0.29, 0.717) is 19.3 Å². The van der Waals surface area contributed by atoms with E-state index in [0.717, 1.165) is 18.7 Å². The van der Waals surface area contributed by atoms with Crippen molar-refractivity contribution in [3.05, 3.63) is 41.9 Å². The number of hydrogen-bond acceptors (Lipinski definition) is 5. The Morgan fingerprint density at radius 2 is 2.16 bits per heavy atom. The van der Waals surface area contributed by atoms with Gasteiger partial charge in [-0.3, -0.25) is 9.69 Å². The number of methoxy groups -OCH3 is 1. The first-order chi connectivity index (χ1) is 12.3. The highest BCUT2D eigenvalue weighted by molar-refractivity contribution is 5.91. The van der Waals surface area contributed by atoms with Crippen molar-refractivity contribution in [3.63, 3.8) is 0 Å². The van der Waals surface area contributed by atoms with Crippen LogP contribution in [-0.4, -0.2) is 49.8 Å². The molecule has 0 radical (unpaired) electrons. The Kier molecular flexibility index (Phi) is 4.53. The topological polar surface area (TPSA) is 60.0 Å². The molecule has 2 aliphatic heterocycles. The second kappa shape index (κ2) is 6.96. The number of likely N-dealkylation sites (tertiary alicyclic amines) is 1. The van der Waals surface area contributed by atoms with Gasteiger partial charge >= 0.3 is 0 Å². The van der Waals surface area contributed by atoms with E-state index < -0.39 is 0 Å². The van der Waals surface area contributed by atoms with Gasteiger partial charge in [0.2, 0.25) is 5.76 Å². The van der Waals surface area contributed by atoms with Gasteiger partial charge in [0.05, 0.1) is 19.2 Å². The van der Waals surface area contributed by atoms with Gasteiger partial charge in [0.15, 0.2) is 0 Å². The number of rotatable bonds is 5. The number of carbonyl (C=O) groups excluding carboxylic acids is 1. The van der Waals surface area contributed by atoms with Gasteiger partial charge in [0.25, 0.3) is 5.91 Å². The average molecular weight is 344 g/mol. The predicted octanol–water partition coefficient (Wildman–Crippen LogP) is 1.98. The van der Waals surface area contributed by atoms with E-state index >= 15 is 0 Å². The van der Waals surface area contributed by atoms with Crippen molar-refractivity contribution in [2.75, 3.05) is 26.9 Å². The lowest BCUT2D eigenvalue weighted by Crippen LogP contribution is -2.41. The quantitative estimate of drug-likeness (QED) is 0.885. The van der Waals surface area contributed by atoms with E-state index in [2.05, 4.69) is 22.3 Å². The van der Waals surface area contributed by atoms with Crippen LogP contribution < -0.4 is 10.1 Å². The predicted molar refractivity (Wildman–Crippen MR) is 92.0 cm³/mol. The molecule has 1 aliphatic carbocycles. The second-order valence-electron chi connectivity index (χ2n) is 6.76. The van der Waals surface area contributed by atoms with Crippen LogP contribution in [0.25, 0.3) is 0 Å². The molecule has 1 aromatic carbocycles. The normalized spacial score (nSPS) is 26.4. The molecular weight excluding hydrogens is 320 g/mol. The fourth-order valence-corrected chi connectivity index (χ4v) is 3.76. The summed E-state index contributed by atoms with van der Waals surface area (Å²) in [5, 5.41) is 3.15.